The van der Waals surface area contributed by atoms with Crippen molar-refractivity contribution in [3.8, 4) is 0 Å². The van der Waals surface area contributed by atoms with E-state index in [4.69, 9.17) is 0 Å². The molecular weight excluding hydrogens is 237 g/mol. The van der Waals surface area contributed by atoms with Crippen molar-refractivity contribution in [2.45, 2.75) is 19.9 Å². The lowest BCUT2D eigenvalue weighted by Gasteiger charge is -2.09. The number of nitrogens with one attached hydrogen (secondary N) is 1. The van der Waals surface area contributed by atoms with Crippen molar-refractivity contribution in [1.29, 1.82) is 0 Å². The van der Waals surface area contributed by atoms with E-state index in [0.717, 1.165) is 0 Å². The van der Waals surface area contributed by atoms with E-state index in [1.54, 1.807) is 0 Å². The summed E-state index contributed by atoms with van der Waals surface area (Å²) in [5.41, 5.74) is -0.129. The molecule has 6 nitrogen and oxygen atoms in total. The highest BCUT2D eigenvalue weighted by atomic mass is 19.1. The second-order valence-corrected chi connectivity index (χ2v) is 3.92. The fraction of sp³-hybridized carbons (Fsp3) is 0.273. The number of pyridine rings is 1. The Labute approximate surface area is 103 Å². The molecule has 0 fully saturated rings. The molecule has 2 rings (SSSR count). The Kier molecular flexibility index (Phi) is 3.31. The van der Waals surface area contributed by atoms with Gasteiger partial charge in [-0.05, 0) is 26.0 Å². The standard InChI is InChI=1S/C11H12FN5O/c1-7(2)17-11(14-6-15-17)16-10(18)8-4-3-5-13-9(8)12/h3-7H,1-2H3,(H,14,15,16,18). The minimum absolute atomic E-state index is 0.0431. The first-order valence-electron chi connectivity index (χ1n) is 5.41. The van der Waals surface area contributed by atoms with E-state index in [1.807, 2.05) is 13.8 Å². The molecule has 2 aromatic rings. The SMILES string of the molecule is CC(C)n1ncnc1NC(=O)c1cccnc1F. The molecule has 0 saturated heterocycles. The van der Waals surface area contributed by atoms with Crippen LogP contribution in [-0.2, 0) is 0 Å². The number of carbonyl (C=O) groups excluding carboxylic acids is 1. The van der Waals surface area contributed by atoms with Crippen molar-refractivity contribution < 1.29 is 9.18 Å². The molecule has 0 aliphatic heterocycles. The quantitative estimate of drug-likeness (QED) is 0.839. The van der Waals surface area contributed by atoms with Gasteiger partial charge in [-0.15, -0.1) is 0 Å². The minimum atomic E-state index is -0.814. The van der Waals surface area contributed by atoms with E-state index in [2.05, 4.69) is 20.4 Å². The van der Waals surface area contributed by atoms with E-state index in [1.165, 1.54) is 29.3 Å². The minimum Gasteiger partial charge on any atom is -0.290 e. The van der Waals surface area contributed by atoms with Gasteiger partial charge in [0.25, 0.3) is 5.91 Å². The van der Waals surface area contributed by atoms with E-state index in [9.17, 15) is 9.18 Å². The molecule has 2 aromatic heterocycles. The van der Waals surface area contributed by atoms with Gasteiger partial charge in [0.15, 0.2) is 0 Å². The molecule has 1 N–H and O–H groups in total. The van der Waals surface area contributed by atoms with Crippen molar-refractivity contribution in [1.82, 2.24) is 19.7 Å². The lowest BCUT2D eigenvalue weighted by Crippen LogP contribution is -2.19. The van der Waals surface area contributed by atoms with Crippen LogP contribution in [0.3, 0.4) is 0 Å². The normalized spacial score (nSPS) is 10.7. The van der Waals surface area contributed by atoms with Gasteiger partial charge in [0.1, 0.15) is 6.33 Å². The Morgan fingerprint density at radius 1 is 1.44 bits per heavy atom. The average molecular weight is 249 g/mol. The van der Waals surface area contributed by atoms with Crippen LogP contribution in [0.4, 0.5) is 10.3 Å². The van der Waals surface area contributed by atoms with Gasteiger partial charge < -0.3 is 0 Å². The molecule has 2 heterocycles. The van der Waals surface area contributed by atoms with E-state index >= 15 is 0 Å². The number of anilines is 1. The fourth-order valence-corrected chi connectivity index (χ4v) is 1.44. The van der Waals surface area contributed by atoms with Crippen LogP contribution in [-0.4, -0.2) is 25.7 Å². The highest BCUT2D eigenvalue weighted by Gasteiger charge is 2.15. The van der Waals surface area contributed by atoms with Crippen LogP contribution in [0.2, 0.25) is 0 Å². The third-order valence-electron chi connectivity index (χ3n) is 2.29. The summed E-state index contributed by atoms with van der Waals surface area (Å²) in [5, 5.41) is 6.47. The zero-order valence-electron chi connectivity index (χ0n) is 9.96. The maximum Gasteiger partial charge on any atom is 0.262 e. The molecule has 0 spiro atoms. The molecule has 1 amide bonds. The second-order valence-electron chi connectivity index (χ2n) is 3.92. The Balaban J connectivity index is 2.22. The van der Waals surface area contributed by atoms with Crippen molar-refractivity contribution >= 4 is 11.9 Å². The maximum absolute atomic E-state index is 13.3. The van der Waals surface area contributed by atoms with Gasteiger partial charge >= 0.3 is 0 Å². The molecule has 0 aliphatic rings. The van der Waals surface area contributed by atoms with Crippen LogP contribution in [0.25, 0.3) is 0 Å². The first-order valence-corrected chi connectivity index (χ1v) is 5.41. The van der Waals surface area contributed by atoms with Crippen LogP contribution < -0.4 is 5.32 Å². The molecule has 0 bridgehead atoms. The smallest absolute Gasteiger partial charge is 0.262 e. The van der Waals surface area contributed by atoms with Crippen LogP contribution >= 0.6 is 0 Å². The molecule has 18 heavy (non-hydrogen) atoms. The Morgan fingerprint density at radius 2 is 2.22 bits per heavy atom. The summed E-state index contributed by atoms with van der Waals surface area (Å²) in [6.07, 6.45) is 2.61. The predicted molar refractivity (Wildman–Crippen MR) is 62.6 cm³/mol. The Hall–Kier alpha value is -2.31. The molecule has 0 radical (unpaired) electrons. The molecular formula is C11H12FN5O. The Bertz CT molecular complexity index is 566. The molecule has 94 valence electrons. The highest BCUT2D eigenvalue weighted by Crippen LogP contribution is 2.12. The van der Waals surface area contributed by atoms with E-state index in [0.29, 0.717) is 0 Å². The largest absolute Gasteiger partial charge is 0.290 e. The van der Waals surface area contributed by atoms with E-state index in [-0.39, 0.29) is 17.6 Å². The van der Waals surface area contributed by atoms with Crippen LogP contribution in [0.15, 0.2) is 24.7 Å². The van der Waals surface area contributed by atoms with Gasteiger partial charge in [0.2, 0.25) is 11.9 Å². The first kappa shape index (κ1) is 12.2. The topological polar surface area (TPSA) is 72.7 Å². The average Bonchev–Trinajstić information content (AvgIpc) is 2.77. The predicted octanol–water partition coefficient (Wildman–Crippen LogP) is 1.65. The molecule has 7 heteroatoms. The first-order chi connectivity index (χ1) is 8.59. The zero-order chi connectivity index (χ0) is 13.1. The van der Waals surface area contributed by atoms with Gasteiger partial charge in [0, 0.05) is 6.20 Å². The summed E-state index contributed by atoms with van der Waals surface area (Å²) in [7, 11) is 0. The fourth-order valence-electron chi connectivity index (χ4n) is 1.44. The summed E-state index contributed by atoms with van der Waals surface area (Å²) in [5.74, 6) is -1.14. The summed E-state index contributed by atoms with van der Waals surface area (Å²) < 4.78 is 14.8. The van der Waals surface area contributed by atoms with Gasteiger partial charge in [-0.1, -0.05) is 0 Å². The van der Waals surface area contributed by atoms with Crippen molar-refractivity contribution in [3.05, 3.63) is 36.2 Å². The van der Waals surface area contributed by atoms with Gasteiger partial charge in [-0.25, -0.2) is 9.67 Å². The van der Waals surface area contributed by atoms with Gasteiger partial charge in [0.05, 0.1) is 11.6 Å². The number of aromatic nitrogens is 4. The monoisotopic (exact) mass is 249 g/mol. The summed E-state index contributed by atoms with van der Waals surface area (Å²) in [4.78, 5) is 19.2. The lowest BCUT2D eigenvalue weighted by atomic mass is 10.2. The molecule has 0 aromatic carbocycles. The third-order valence-corrected chi connectivity index (χ3v) is 2.29. The maximum atomic E-state index is 13.3. The number of hydrogen-bond acceptors (Lipinski definition) is 4. The molecule has 0 atom stereocenters. The van der Waals surface area contributed by atoms with Crippen LogP contribution in [0.1, 0.15) is 30.2 Å². The highest BCUT2D eigenvalue weighted by molar-refractivity contribution is 6.03. The van der Waals surface area contributed by atoms with E-state index < -0.39 is 11.9 Å². The lowest BCUT2D eigenvalue weighted by molar-refractivity contribution is 0.102. The number of hydrogen-bond donors (Lipinski definition) is 1. The summed E-state index contributed by atoms with van der Waals surface area (Å²) >= 11 is 0. The van der Waals surface area contributed by atoms with Crippen molar-refractivity contribution in [3.63, 3.8) is 0 Å². The van der Waals surface area contributed by atoms with Crippen LogP contribution in [0.5, 0.6) is 0 Å². The van der Waals surface area contributed by atoms with Gasteiger partial charge in [-0.3, -0.25) is 10.1 Å². The summed E-state index contributed by atoms with van der Waals surface area (Å²) in [6, 6.07) is 2.89. The van der Waals surface area contributed by atoms with Gasteiger partial charge in [-0.2, -0.15) is 14.5 Å². The van der Waals surface area contributed by atoms with Crippen molar-refractivity contribution in [2.75, 3.05) is 5.32 Å². The number of rotatable bonds is 3. The number of amides is 1. The molecule has 0 aliphatic carbocycles. The summed E-state index contributed by atoms with van der Waals surface area (Å²) in [6.45, 7) is 3.80. The zero-order valence-corrected chi connectivity index (χ0v) is 9.96. The molecule has 0 unspecified atom stereocenters. The second kappa shape index (κ2) is 4.91. The number of nitrogens with zero attached hydrogens (tertiary/aromatic N) is 4. The number of carbonyl (C=O) groups is 1. The third kappa shape index (κ3) is 2.34. The number of halogens is 1. The van der Waals surface area contributed by atoms with Crippen molar-refractivity contribution in [2.24, 2.45) is 0 Å². The molecule has 0 saturated carbocycles. The van der Waals surface area contributed by atoms with Crippen LogP contribution in [0, 0.1) is 5.95 Å². The Morgan fingerprint density at radius 3 is 2.89 bits per heavy atom.